The molecule has 2 aromatic rings. The Morgan fingerprint density at radius 2 is 2.00 bits per heavy atom. The van der Waals surface area contributed by atoms with Crippen LogP contribution in [0.4, 0.5) is 5.69 Å². The van der Waals surface area contributed by atoms with E-state index >= 15 is 0 Å². The quantitative estimate of drug-likeness (QED) is 0.820. The Kier molecular flexibility index (Phi) is 2.91. The summed E-state index contributed by atoms with van der Waals surface area (Å²) < 4.78 is 2.56. The smallest absolute Gasteiger partial charge is 0.162 e. The van der Waals surface area contributed by atoms with Crippen molar-refractivity contribution in [1.29, 1.82) is 0 Å². The van der Waals surface area contributed by atoms with E-state index in [1.807, 2.05) is 18.2 Å². The van der Waals surface area contributed by atoms with Crippen molar-refractivity contribution in [2.75, 3.05) is 5.73 Å². The highest BCUT2D eigenvalue weighted by molar-refractivity contribution is 9.10. The largest absolute Gasteiger partial charge is 0.398 e. The number of nitrogens with two attached hydrogens (primary N) is 1. The SMILES string of the molecule is CC(C)(C)c1nnnn1-c1ccc(N)c(Br)c1. The predicted molar refractivity (Wildman–Crippen MR) is 70.0 cm³/mol. The summed E-state index contributed by atoms with van der Waals surface area (Å²) in [7, 11) is 0. The van der Waals surface area contributed by atoms with E-state index in [-0.39, 0.29) is 5.41 Å². The number of hydrogen-bond donors (Lipinski definition) is 1. The monoisotopic (exact) mass is 295 g/mol. The number of benzene rings is 1. The van der Waals surface area contributed by atoms with Crippen LogP contribution in [0.5, 0.6) is 0 Å². The lowest BCUT2D eigenvalue weighted by atomic mass is 9.96. The molecule has 0 spiro atoms. The van der Waals surface area contributed by atoms with E-state index in [1.54, 1.807) is 4.68 Å². The number of tetrazole rings is 1. The molecule has 0 saturated carbocycles. The zero-order chi connectivity index (χ0) is 12.6. The fourth-order valence-electron chi connectivity index (χ4n) is 1.48. The highest BCUT2D eigenvalue weighted by Gasteiger charge is 2.22. The van der Waals surface area contributed by atoms with Gasteiger partial charge in [-0.2, -0.15) is 4.68 Å². The van der Waals surface area contributed by atoms with Gasteiger partial charge in [0.1, 0.15) is 0 Å². The molecule has 0 saturated heterocycles. The van der Waals surface area contributed by atoms with Crippen molar-refractivity contribution in [2.24, 2.45) is 0 Å². The van der Waals surface area contributed by atoms with Gasteiger partial charge < -0.3 is 5.73 Å². The van der Waals surface area contributed by atoms with Crippen LogP contribution in [0.15, 0.2) is 22.7 Å². The molecule has 0 aliphatic heterocycles. The number of anilines is 1. The van der Waals surface area contributed by atoms with Crippen molar-refractivity contribution in [3.8, 4) is 5.69 Å². The molecule has 0 radical (unpaired) electrons. The van der Waals surface area contributed by atoms with Gasteiger partial charge in [-0.15, -0.1) is 5.10 Å². The van der Waals surface area contributed by atoms with E-state index in [2.05, 4.69) is 52.2 Å². The van der Waals surface area contributed by atoms with Crippen molar-refractivity contribution >= 4 is 21.6 Å². The third-order valence-corrected chi connectivity index (χ3v) is 3.06. The zero-order valence-electron chi connectivity index (χ0n) is 9.98. The Bertz CT molecular complexity index is 541. The maximum Gasteiger partial charge on any atom is 0.162 e. The lowest BCUT2D eigenvalue weighted by Gasteiger charge is -2.17. The summed E-state index contributed by atoms with van der Waals surface area (Å²) in [4.78, 5) is 0. The van der Waals surface area contributed by atoms with Crippen LogP contribution in [-0.2, 0) is 5.41 Å². The van der Waals surface area contributed by atoms with Crippen LogP contribution in [0.1, 0.15) is 26.6 Å². The number of aromatic nitrogens is 4. The minimum absolute atomic E-state index is 0.114. The summed E-state index contributed by atoms with van der Waals surface area (Å²) in [5.41, 5.74) is 7.23. The van der Waals surface area contributed by atoms with Gasteiger partial charge in [-0.1, -0.05) is 20.8 Å². The predicted octanol–water partition coefficient (Wildman–Crippen LogP) is 2.30. The first-order valence-electron chi connectivity index (χ1n) is 5.24. The summed E-state index contributed by atoms with van der Waals surface area (Å²) >= 11 is 3.40. The van der Waals surface area contributed by atoms with Gasteiger partial charge in [0.2, 0.25) is 0 Å². The second-order valence-corrected chi connectivity index (χ2v) is 5.72. The summed E-state index contributed by atoms with van der Waals surface area (Å²) in [6, 6.07) is 5.63. The molecule has 2 rings (SSSR count). The molecule has 1 aromatic carbocycles. The Morgan fingerprint density at radius 1 is 1.29 bits per heavy atom. The van der Waals surface area contributed by atoms with E-state index in [1.165, 1.54) is 0 Å². The molecule has 17 heavy (non-hydrogen) atoms. The number of halogens is 1. The second kappa shape index (κ2) is 4.10. The lowest BCUT2D eigenvalue weighted by molar-refractivity contribution is 0.526. The maximum atomic E-state index is 5.76. The van der Waals surface area contributed by atoms with Gasteiger partial charge in [-0.3, -0.25) is 0 Å². The zero-order valence-corrected chi connectivity index (χ0v) is 11.6. The molecular formula is C11H14BrN5. The minimum atomic E-state index is -0.114. The molecule has 5 nitrogen and oxygen atoms in total. The average molecular weight is 296 g/mol. The van der Waals surface area contributed by atoms with Crippen LogP contribution in [0, 0.1) is 0 Å². The van der Waals surface area contributed by atoms with Crippen LogP contribution in [0.25, 0.3) is 5.69 Å². The van der Waals surface area contributed by atoms with Gasteiger partial charge in [0, 0.05) is 15.6 Å². The van der Waals surface area contributed by atoms with Crippen molar-refractivity contribution in [1.82, 2.24) is 20.2 Å². The normalized spacial score (nSPS) is 11.8. The second-order valence-electron chi connectivity index (χ2n) is 4.87. The Hall–Kier alpha value is -1.43. The Balaban J connectivity index is 2.54. The van der Waals surface area contributed by atoms with Crippen LogP contribution < -0.4 is 5.73 Å². The number of hydrogen-bond acceptors (Lipinski definition) is 4. The Labute approximate surface area is 108 Å². The summed E-state index contributed by atoms with van der Waals surface area (Å²) in [6.07, 6.45) is 0. The average Bonchev–Trinajstić information content (AvgIpc) is 2.70. The van der Waals surface area contributed by atoms with Gasteiger partial charge in [-0.25, -0.2) is 0 Å². The van der Waals surface area contributed by atoms with E-state index in [0.29, 0.717) is 5.69 Å². The molecule has 1 aromatic heterocycles. The molecule has 2 N–H and O–H groups in total. The van der Waals surface area contributed by atoms with Crippen LogP contribution >= 0.6 is 15.9 Å². The molecular weight excluding hydrogens is 282 g/mol. The number of rotatable bonds is 1. The van der Waals surface area contributed by atoms with Crippen LogP contribution in [-0.4, -0.2) is 20.2 Å². The maximum absolute atomic E-state index is 5.76. The molecule has 0 aliphatic carbocycles. The Morgan fingerprint density at radius 3 is 2.59 bits per heavy atom. The van der Waals surface area contributed by atoms with Crippen molar-refractivity contribution in [3.63, 3.8) is 0 Å². The summed E-state index contributed by atoms with van der Waals surface area (Å²) in [5, 5.41) is 11.8. The first-order valence-corrected chi connectivity index (χ1v) is 6.03. The molecule has 0 aliphatic rings. The molecule has 6 heteroatoms. The van der Waals surface area contributed by atoms with Gasteiger partial charge in [0.25, 0.3) is 0 Å². The third-order valence-electron chi connectivity index (χ3n) is 2.37. The molecule has 0 fully saturated rings. The molecule has 0 bridgehead atoms. The molecule has 90 valence electrons. The summed E-state index contributed by atoms with van der Waals surface area (Å²) in [5.74, 6) is 0.814. The van der Waals surface area contributed by atoms with Crippen molar-refractivity contribution in [3.05, 3.63) is 28.5 Å². The van der Waals surface area contributed by atoms with Crippen molar-refractivity contribution < 1.29 is 0 Å². The lowest BCUT2D eigenvalue weighted by Crippen LogP contribution is -2.18. The first-order chi connectivity index (χ1) is 7.89. The fourth-order valence-corrected chi connectivity index (χ4v) is 1.84. The van der Waals surface area contributed by atoms with Crippen molar-refractivity contribution in [2.45, 2.75) is 26.2 Å². The summed E-state index contributed by atoms with van der Waals surface area (Å²) in [6.45, 7) is 6.21. The molecule has 0 atom stereocenters. The molecule has 0 unspecified atom stereocenters. The molecule has 1 heterocycles. The van der Waals surface area contributed by atoms with E-state index in [0.717, 1.165) is 16.0 Å². The van der Waals surface area contributed by atoms with Crippen LogP contribution in [0.3, 0.4) is 0 Å². The number of nitrogen functional groups attached to an aromatic ring is 1. The highest BCUT2D eigenvalue weighted by Crippen LogP contribution is 2.25. The van der Waals surface area contributed by atoms with E-state index in [9.17, 15) is 0 Å². The first kappa shape index (κ1) is 12.0. The minimum Gasteiger partial charge on any atom is -0.398 e. The topological polar surface area (TPSA) is 69.6 Å². The standard InChI is InChI=1S/C11H14BrN5/c1-11(2,3)10-14-15-16-17(10)7-4-5-9(13)8(12)6-7/h4-6H,13H2,1-3H3. The number of nitrogens with zero attached hydrogens (tertiary/aromatic N) is 4. The van der Waals surface area contributed by atoms with Gasteiger partial charge in [-0.05, 0) is 44.6 Å². The van der Waals surface area contributed by atoms with Gasteiger partial charge >= 0.3 is 0 Å². The van der Waals surface area contributed by atoms with E-state index in [4.69, 9.17) is 5.73 Å². The molecule has 0 amide bonds. The van der Waals surface area contributed by atoms with Gasteiger partial charge in [0.05, 0.1) is 5.69 Å². The third kappa shape index (κ3) is 2.31. The van der Waals surface area contributed by atoms with Crippen LogP contribution in [0.2, 0.25) is 0 Å². The highest BCUT2D eigenvalue weighted by atomic mass is 79.9. The van der Waals surface area contributed by atoms with Gasteiger partial charge in [0.15, 0.2) is 5.82 Å². The van der Waals surface area contributed by atoms with E-state index < -0.39 is 0 Å². The fraction of sp³-hybridized carbons (Fsp3) is 0.364.